The predicted octanol–water partition coefficient (Wildman–Crippen LogP) is 0.295. The van der Waals surface area contributed by atoms with Crippen LogP contribution in [0.15, 0.2) is 35.7 Å². The normalized spacial score (nSPS) is 10.0. The molecule has 0 fully saturated rings. The van der Waals surface area contributed by atoms with Gasteiger partial charge in [0.05, 0.1) is 19.3 Å². The highest BCUT2D eigenvalue weighted by atomic mass is 32.2. The van der Waals surface area contributed by atoms with Gasteiger partial charge < -0.3 is 4.74 Å². The van der Waals surface area contributed by atoms with Gasteiger partial charge in [-0.3, -0.25) is 25.5 Å². The van der Waals surface area contributed by atoms with Gasteiger partial charge in [0.1, 0.15) is 12.1 Å². The van der Waals surface area contributed by atoms with Crippen molar-refractivity contribution in [3.63, 3.8) is 0 Å². The average Bonchev–Trinajstić information content (AvgIpc) is 3.05. The van der Waals surface area contributed by atoms with Crippen molar-refractivity contribution in [1.82, 2.24) is 26.0 Å². The Bertz CT molecular complexity index is 615. The van der Waals surface area contributed by atoms with Gasteiger partial charge in [0.15, 0.2) is 5.16 Å². The van der Waals surface area contributed by atoms with Crippen LogP contribution < -0.4 is 15.6 Å². The summed E-state index contributed by atoms with van der Waals surface area (Å²) in [5, 5.41) is 6.83. The number of hydrogen-bond acceptors (Lipinski definition) is 6. The summed E-state index contributed by atoms with van der Waals surface area (Å²) in [6.45, 7) is 0. The third-order valence-corrected chi connectivity index (χ3v) is 3.47. The molecule has 3 N–H and O–H groups in total. The van der Waals surface area contributed by atoms with E-state index < -0.39 is 0 Å². The molecule has 0 saturated carbocycles. The molecular weight excluding hydrogens is 306 g/mol. The Morgan fingerprint density at radius 2 is 1.95 bits per heavy atom. The van der Waals surface area contributed by atoms with Crippen LogP contribution in [-0.4, -0.2) is 39.9 Å². The first kappa shape index (κ1) is 15.8. The first-order valence-electron chi connectivity index (χ1n) is 6.36. The SMILES string of the molecule is COc1ccc(CC(=O)NNC(=O)CSc2ncn[nH]2)cc1. The largest absolute Gasteiger partial charge is 0.497 e. The van der Waals surface area contributed by atoms with Crippen LogP contribution in [0, 0.1) is 0 Å². The van der Waals surface area contributed by atoms with Crippen LogP contribution >= 0.6 is 11.8 Å². The first-order chi connectivity index (χ1) is 10.7. The van der Waals surface area contributed by atoms with E-state index in [0.29, 0.717) is 5.16 Å². The van der Waals surface area contributed by atoms with Gasteiger partial charge in [-0.15, -0.1) is 0 Å². The molecule has 2 rings (SSSR count). The molecule has 0 radical (unpaired) electrons. The highest BCUT2D eigenvalue weighted by Gasteiger charge is 2.07. The Morgan fingerprint density at radius 1 is 1.23 bits per heavy atom. The molecule has 0 spiro atoms. The van der Waals surface area contributed by atoms with Crippen LogP contribution in [0.5, 0.6) is 5.75 Å². The number of ether oxygens (including phenoxy) is 1. The number of nitrogens with zero attached hydrogens (tertiary/aromatic N) is 2. The number of thioether (sulfide) groups is 1. The van der Waals surface area contributed by atoms with E-state index in [-0.39, 0.29) is 24.0 Å². The van der Waals surface area contributed by atoms with Crippen LogP contribution in [0.4, 0.5) is 0 Å². The summed E-state index contributed by atoms with van der Waals surface area (Å²) in [6.07, 6.45) is 1.52. The maximum Gasteiger partial charge on any atom is 0.248 e. The number of hydrazine groups is 1. The Kier molecular flexibility index (Phi) is 5.78. The molecule has 0 aliphatic heterocycles. The van der Waals surface area contributed by atoms with Gasteiger partial charge in [-0.1, -0.05) is 23.9 Å². The maximum absolute atomic E-state index is 11.7. The summed E-state index contributed by atoms with van der Waals surface area (Å²) < 4.78 is 5.04. The smallest absolute Gasteiger partial charge is 0.248 e. The molecule has 22 heavy (non-hydrogen) atoms. The molecule has 1 heterocycles. The second-order valence-corrected chi connectivity index (χ2v) is 5.16. The lowest BCUT2D eigenvalue weighted by Gasteiger charge is -2.07. The lowest BCUT2D eigenvalue weighted by Crippen LogP contribution is -2.43. The quantitative estimate of drug-likeness (QED) is 0.521. The third kappa shape index (κ3) is 5.09. The Hall–Kier alpha value is -2.55. The number of carbonyl (C=O) groups excluding carboxylic acids is 2. The van der Waals surface area contributed by atoms with E-state index in [4.69, 9.17) is 4.74 Å². The molecule has 0 bridgehead atoms. The standard InChI is InChI=1S/C13H15N5O3S/c1-21-10-4-2-9(3-5-10)6-11(19)16-17-12(20)7-22-13-14-8-15-18-13/h2-5,8H,6-7H2,1H3,(H,16,19)(H,17,20)(H,14,15,18). The molecule has 116 valence electrons. The van der Waals surface area contributed by atoms with E-state index in [1.165, 1.54) is 18.1 Å². The molecule has 1 aromatic carbocycles. The van der Waals surface area contributed by atoms with Gasteiger partial charge in [0.2, 0.25) is 11.8 Å². The van der Waals surface area contributed by atoms with E-state index in [2.05, 4.69) is 26.0 Å². The summed E-state index contributed by atoms with van der Waals surface area (Å²) in [7, 11) is 1.58. The lowest BCUT2D eigenvalue weighted by molar-refractivity contribution is -0.127. The van der Waals surface area contributed by atoms with Gasteiger partial charge in [-0.25, -0.2) is 4.98 Å². The Balaban J connectivity index is 1.69. The number of aromatic amines is 1. The van der Waals surface area contributed by atoms with Gasteiger partial charge in [-0.05, 0) is 17.7 Å². The molecule has 8 nitrogen and oxygen atoms in total. The molecule has 9 heteroatoms. The van der Waals surface area contributed by atoms with Crippen LogP contribution in [0.1, 0.15) is 5.56 Å². The fourth-order valence-corrected chi connectivity index (χ4v) is 2.13. The summed E-state index contributed by atoms with van der Waals surface area (Å²) in [5.74, 6) is 0.215. The topological polar surface area (TPSA) is 109 Å². The van der Waals surface area contributed by atoms with Crippen molar-refractivity contribution in [2.24, 2.45) is 0 Å². The molecule has 2 aromatic rings. The summed E-state index contributed by atoms with van der Waals surface area (Å²) >= 11 is 1.19. The molecule has 0 atom stereocenters. The lowest BCUT2D eigenvalue weighted by atomic mass is 10.1. The minimum absolute atomic E-state index is 0.123. The van der Waals surface area contributed by atoms with Crippen molar-refractivity contribution in [2.45, 2.75) is 11.6 Å². The van der Waals surface area contributed by atoms with Crippen LogP contribution in [0.25, 0.3) is 0 Å². The van der Waals surface area contributed by atoms with Crippen molar-refractivity contribution in [3.05, 3.63) is 36.2 Å². The van der Waals surface area contributed by atoms with E-state index in [1.54, 1.807) is 31.4 Å². The highest BCUT2D eigenvalue weighted by Crippen LogP contribution is 2.11. The van der Waals surface area contributed by atoms with E-state index in [1.807, 2.05) is 0 Å². The third-order valence-electron chi connectivity index (χ3n) is 2.60. The van der Waals surface area contributed by atoms with E-state index >= 15 is 0 Å². The van der Waals surface area contributed by atoms with Crippen LogP contribution in [0.3, 0.4) is 0 Å². The zero-order valence-electron chi connectivity index (χ0n) is 11.8. The number of amides is 2. The first-order valence-corrected chi connectivity index (χ1v) is 7.34. The second kappa shape index (κ2) is 8.03. The van der Waals surface area contributed by atoms with E-state index in [0.717, 1.165) is 11.3 Å². The average molecular weight is 321 g/mol. The summed E-state index contributed by atoms with van der Waals surface area (Å²) in [4.78, 5) is 27.1. The monoisotopic (exact) mass is 321 g/mol. The summed E-state index contributed by atoms with van der Waals surface area (Å²) in [5.41, 5.74) is 5.52. The van der Waals surface area contributed by atoms with Crippen molar-refractivity contribution in [2.75, 3.05) is 12.9 Å². The number of carbonyl (C=O) groups is 2. The second-order valence-electron chi connectivity index (χ2n) is 4.20. The number of nitrogens with one attached hydrogen (secondary N) is 3. The van der Waals surface area contributed by atoms with Gasteiger partial charge in [0.25, 0.3) is 0 Å². The number of rotatable bonds is 6. The number of methoxy groups -OCH3 is 1. The van der Waals surface area contributed by atoms with Gasteiger partial charge >= 0.3 is 0 Å². The zero-order valence-corrected chi connectivity index (χ0v) is 12.6. The highest BCUT2D eigenvalue weighted by molar-refractivity contribution is 7.99. The summed E-state index contributed by atoms with van der Waals surface area (Å²) in [6, 6.07) is 7.13. The predicted molar refractivity (Wildman–Crippen MR) is 80.1 cm³/mol. The fourth-order valence-electron chi connectivity index (χ4n) is 1.55. The number of hydrogen-bond donors (Lipinski definition) is 3. The van der Waals surface area contributed by atoms with Crippen molar-refractivity contribution in [1.29, 1.82) is 0 Å². The van der Waals surface area contributed by atoms with Crippen molar-refractivity contribution >= 4 is 23.6 Å². The number of benzene rings is 1. The number of aromatic nitrogens is 3. The molecule has 0 saturated heterocycles. The van der Waals surface area contributed by atoms with Crippen molar-refractivity contribution in [3.8, 4) is 5.75 Å². The molecule has 0 aliphatic rings. The number of H-pyrrole nitrogens is 1. The fraction of sp³-hybridized carbons (Fsp3) is 0.231. The molecule has 0 aliphatic carbocycles. The Morgan fingerprint density at radius 3 is 2.59 bits per heavy atom. The molecule has 0 unspecified atom stereocenters. The molecule has 2 amide bonds. The van der Waals surface area contributed by atoms with E-state index in [9.17, 15) is 9.59 Å². The van der Waals surface area contributed by atoms with Crippen LogP contribution in [0.2, 0.25) is 0 Å². The van der Waals surface area contributed by atoms with Crippen molar-refractivity contribution < 1.29 is 14.3 Å². The zero-order chi connectivity index (χ0) is 15.8. The van der Waals surface area contributed by atoms with Gasteiger partial charge in [-0.2, -0.15) is 5.10 Å². The maximum atomic E-state index is 11.7. The molecular formula is C13H15N5O3S. The minimum Gasteiger partial charge on any atom is -0.497 e. The minimum atomic E-state index is -0.329. The molecule has 1 aromatic heterocycles. The van der Waals surface area contributed by atoms with Gasteiger partial charge in [0, 0.05) is 0 Å². The Labute approximate surface area is 131 Å². The van der Waals surface area contributed by atoms with Crippen LogP contribution in [-0.2, 0) is 16.0 Å².